The molecule has 124 valence electrons. The highest BCUT2D eigenvalue weighted by atomic mass is 35.5. The molecular weight excluding hydrogens is 353 g/mol. The molecule has 0 amide bonds. The van der Waals surface area contributed by atoms with Crippen molar-refractivity contribution in [3.8, 4) is 0 Å². The Balaban J connectivity index is 2.11. The Kier molecular flexibility index (Phi) is 6.33. The second-order valence-electron chi connectivity index (χ2n) is 5.34. The minimum absolute atomic E-state index is 0.225. The maximum absolute atomic E-state index is 12.4. The number of halogens is 2. The molecule has 6 heteroatoms. The predicted molar refractivity (Wildman–Crippen MR) is 96.9 cm³/mol. The van der Waals surface area contributed by atoms with Gasteiger partial charge in [-0.15, -0.1) is 0 Å². The van der Waals surface area contributed by atoms with Gasteiger partial charge in [0, 0.05) is 0 Å². The van der Waals surface area contributed by atoms with Gasteiger partial charge in [0.1, 0.15) is 0 Å². The van der Waals surface area contributed by atoms with Crippen LogP contribution >= 0.6 is 23.2 Å². The largest absolute Gasteiger partial charge is 0.280 e. The lowest BCUT2D eigenvalue weighted by molar-refractivity contribution is 0.601. The van der Waals surface area contributed by atoms with Crippen molar-refractivity contribution in [1.29, 1.82) is 0 Å². The van der Waals surface area contributed by atoms with Gasteiger partial charge in [0.15, 0.2) is 0 Å². The number of aryl methyl sites for hydroxylation is 1. The van der Waals surface area contributed by atoms with Gasteiger partial charge >= 0.3 is 0 Å². The number of anilines is 1. The van der Waals surface area contributed by atoms with Crippen LogP contribution in [0.5, 0.6) is 0 Å². The fourth-order valence-corrected chi connectivity index (χ4v) is 3.54. The van der Waals surface area contributed by atoms with Crippen LogP contribution in [0, 0.1) is 0 Å². The molecule has 0 aliphatic heterocycles. The molecule has 0 aliphatic carbocycles. The number of nitrogens with one attached hydrogen (secondary N) is 1. The highest BCUT2D eigenvalue weighted by Crippen LogP contribution is 2.26. The zero-order valence-electron chi connectivity index (χ0n) is 12.9. The first-order valence-electron chi connectivity index (χ1n) is 7.49. The Bertz CT molecular complexity index is 759. The average molecular weight is 372 g/mol. The molecule has 0 unspecified atom stereocenters. The quantitative estimate of drug-likeness (QED) is 0.650. The summed E-state index contributed by atoms with van der Waals surface area (Å²) in [7, 11) is -3.64. The average Bonchev–Trinajstić information content (AvgIpc) is 2.51. The molecule has 0 heterocycles. The summed E-state index contributed by atoms with van der Waals surface area (Å²) in [4.78, 5) is 0.225. The Labute approximate surface area is 147 Å². The van der Waals surface area contributed by atoms with Gasteiger partial charge in [-0.25, -0.2) is 8.42 Å². The van der Waals surface area contributed by atoms with E-state index in [4.69, 9.17) is 23.2 Å². The summed E-state index contributed by atoms with van der Waals surface area (Å²) in [5, 5.41) is 0.684. The van der Waals surface area contributed by atoms with E-state index in [9.17, 15) is 8.42 Å². The van der Waals surface area contributed by atoms with Gasteiger partial charge in [0.25, 0.3) is 10.0 Å². The Morgan fingerprint density at radius 2 is 1.65 bits per heavy atom. The van der Waals surface area contributed by atoms with Crippen molar-refractivity contribution in [2.45, 2.75) is 37.5 Å². The number of hydrogen-bond donors (Lipinski definition) is 1. The van der Waals surface area contributed by atoms with E-state index in [0.29, 0.717) is 15.7 Å². The third-order valence-electron chi connectivity index (χ3n) is 3.47. The van der Waals surface area contributed by atoms with Gasteiger partial charge in [-0.3, -0.25) is 4.72 Å². The minimum Gasteiger partial charge on any atom is -0.280 e. The second kappa shape index (κ2) is 8.04. The SMILES string of the molecule is CCCCCc1ccc(S(=O)(=O)Nc2ccc(Cl)c(Cl)c2)cc1. The molecule has 0 aliphatic rings. The molecule has 0 aromatic heterocycles. The summed E-state index contributed by atoms with van der Waals surface area (Å²) in [5.41, 5.74) is 1.53. The van der Waals surface area contributed by atoms with Crippen LogP contribution < -0.4 is 4.72 Å². The van der Waals surface area contributed by atoms with Crippen LogP contribution in [-0.2, 0) is 16.4 Å². The standard InChI is InChI=1S/C17H19Cl2NO2S/c1-2-3-4-5-13-6-9-15(10-7-13)23(21,22)20-14-8-11-16(18)17(19)12-14/h6-12,20H,2-5H2,1H3. The number of benzene rings is 2. The lowest BCUT2D eigenvalue weighted by Crippen LogP contribution is -2.12. The Morgan fingerprint density at radius 1 is 0.957 bits per heavy atom. The van der Waals surface area contributed by atoms with Crippen LogP contribution in [0.3, 0.4) is 0 Å². The lowest BCUT2D eigenvalue weighted by Gasteiger charge is -2.09. The summed E-state index contributed by atoms with van der Waals surface area (Å²) >= 11 is 11.7. The molecule has 0 saturated carbocycles. The fraction of sp³-hybridized carbons (Fsp3) is 0.294. The Morgan fingerprint density at radius 3 is 2.26 bits per heavy atom. The van der Waals surface area contributed by atoms with Gasteiger partial charge in [-0.2, -0.15) is 0 Å². The van der Waals surface area contributed by atoms with E-state index in [1.807, 2.05) is 12.1 Å². The molecule has 2 aromatic carbocycles. The van der Waals surface area contributed by atoms with Gasteiger partial charge in [-0.05, 0) is 48.7 Å². The van der Waals surface area contributed by atoms with Crippen LogP contribution in [0.4, 0.5) is 5.69 Å². The van der Waals surface area contributed by atoms with E-state index in [1.165, 1.54) is 18.9 Å². The molecular formula is C17H19Cl2NO2S. The first kappa shape index (κ1) is 18.1. The van der Waals surface area contributed by atoms with Crippen molar-refractivity contribution in [2.75, 3.05) is 4.72 Å². The van der Waals surface area contributed by atoms with Gasteiger partial charge < -0.3 is 0 Å². The highest BCUT2D eigenvalue weighted by Gasteiger charge is 2.14. The molecule has 2 aromatic rings. The summed E-state index contributed by atoms with van der Waals surface area (Å²) in [6.45, 7) is 2.16. The van der Waals surface area contributed by atoms with Crippen molar-refractivity contribution < 1.29 is 8.42 Å². The lowest BCUT2D eigenvalue weighted by atomic mass is 10.1. The summed E-state index contributed by atoms with van der Waals surface area (Å²) in [6.07, 6.45) is 4.43. The summed E-state index contributed by atoms with van der Waals surface area (Å²) < 4.78 is 27.3. The highest BCUT2D eigenvalue weighted by molar-refractivity contribution is 7.92. The molecule has 0 fully saturated rings. The maximum atomic E-state index is 12.4. The topological polar surface area (TPSA) is 46.2 Å². The Hall–Kier alpha value is -1.23. The van der Waals surface area contributed by atoms with Crippen LogP contribution in [0.2, 0.25) is 10.0 Å². The molecule has 23 heavy (non-hydrogen) atoms. The van der Waals surface area contributed by atoms with Crippen molar-refractivity contribution in [1.82, 2.24) is 0 Å². The molecule has 0 atom stereocenters. The smallest absolute Gasteiger partial charge is 0.261 e. The van der Waals surface area contributed by atoms with Crippen molar-refractivity contribution in [3.63, 3.8) is 0 Å². The number of hydrogen-bond acceptors (Lipinski definition) is 2. The number of sulfonamides is 1. The van der Waals surface area contributed by atoms with E-state index >= 15 is 0 Å². The second-order valence-corrected chi connectivity index (χ2v) is 7.83. The molecule has 0 bridgehead atoms. The fourth-order valence-electron chi connectivity index (χ4n) is 2.19. The minimum atomic E-state index is -3.64. The van der Waals surface area contributed by atoms with Crippen molar-refractivity contribution >= 4 is 38.9 Å². The third-order valence-corrected chi connectivity index (χ3v) is 5.61. The van der Waals surface area contributed by atoms with Crippen LogP contribution in [0.1, 0.15) is 31.7 Å². The zero-order valence-corrected chi connectivity index (χ0v) is 15.2. The van der Waals surface area contributed by atoms with E-state index < -0.39 is 10.0 Å². The molecule has 2 rings (SSSR count). The maximum Gasteiger partial charge on any atom is 0.261 e. The number of rotatable bonds is 7. The predicted octanol–water partition coefficient (Wildman–Crippen LogP) is 5.53. The molecule has 3 nitrogen and oxygen atoms in total. The van der Waals surface area contributed by atoms with Gasteiger partial charge in [0.05, 0.1) is 20.6 Å². The summed E-state index contributed by atoms with van der Waals surface area (Å²) in [5.74, 6) is 0. The van der Waals surface area contributed by atoms with E-state index in [-0.39, 0.29) is 4.90 Å². The third kappa shape index (κ3) is 5.13. The van der Waals surface area contributed by atoms with E-state index in [2.05, 4.69) is 11.6 Å². The molecule has 0 saturated heterocycles. The monoisotopic (exact) mass is 371 g/mol. The van der Waals surface area contributed by atoms with E-state index in [1.54, 1.807) is 24.3 Å². The molecule has 0 radical (unpaired) electrons. The first-order valence-corrected chi connectivity index (χ1v) is 9.73. The molecule has 1 N–H and O–H groups in total. The van der Waals surface area contributed by atoms with Crippen LogP contribution in [0.25, 0.3) is 0 Å². The molecule has 0 spiro atoms. The van der Waals surface area contributed by atoms with Crippen LogP contribution in [0.15, 0.2) is 47.4 Å². The normalized spacial score (nSPS) is 11.4. The van der Waals surface area contributed by atoms with Crippen molar-refractivity contribution in [3.05, 3.63) is 58.1 Å². The first-order chi connectivity index (χ1) is 10.9. The van der Waals surface area contributed by atoms with Crippen LogP contribution in [-0.4, -0.2) is 8.42 Å². The van der Waals surface area contributed by atoms with Gasteiger partial charge in [-0.1, -0.05) is 55.1 Å². The van der Waals surface area contributed by atoms with E-state index in [0.717, 1.165) is 18.4 Å². The van der Waals surface area contributed by atoms with Crippen molar-refractivity contribution in [2.24, 2.45) is 0 Å². The number of unbranched alkanes of at least 4 members (excludes halogenated alkanes) is 2. The summed E-state index contributed by atoms with van der Waals surface area (Å²) in [6, 6.07) is 11.6. The zero-order chi connectivity index (χ0) is 16.9. The van der Waals surface area contributed by atoms with Gasteiger partial charge in [0.2, 0.25) is 0 Å².